The summed E-state index contributed by atoms with van der Waals surface area (Å²) in [6.07, 6.45) is 1.12. The van der Waals surface area contributed by atoms with Gasteiger partial charge in [-0.2, -0.15) is 0 Å². The van der Waals surface area contributed by atoms with Gasteiger partial charge in [0, 0.05) is 22.2 Å². The molecule has 0 saturated carbocycles. The van der Waals surface area contributed by atoms with Gasteiger partial charge in [0.2, 0.25) is 0 Å². The Morgan fingerprint density at radius 1 is 1.39 bits per heavy atom. The van der Waals surface area contributed by atoms with Gasteiger partial charge in [-0.1, -0.05) is 13.3 Å². The molecular formula is C19H22FIN4O3. The number of pyridine rings is 1. The SMILES string of the molecule is CCCCOC(=O)N1CCn2c1c(N)c(Nc1ccc(I)cc1F)c(C)c2=O. The van der Waals surface area contributed by atoms with Crippen molar-refractivity contribution >= 4 is 51.6 Å². The Balaban J connectivity index is 2.00. The Hall–Kier alpha value is -2.30. The van der Waals surface area contributed by atoms with Crippen LogP contribution in [0.4, 0.5) is 32.1 Å². The van der Waals surface area contributed by atoms with Crippen LogP contribution in [0.25, 0.3) is 0 Å². The van der Waals surface area contributed by atoms with Crippen LogP contribution in [0.1, 0.15) is 25.3 Å². The Bertz CT molecular complexity index is 977. The molecule has 1 aromatic carbocycles. The lowest BCUT2D eigenvalue weighted by Crippen LogP contribution is -2.31. The fourth-order valence-corrected chi connectivity index (χ4v) is 3.57. The number of ether oxygens (including phenoxy) is 1. The first kappa shape index (κ1) is 20.4. The maximum Gasteiger partial charge on any atom is 0.415 e. The number of hydrogen-bond acceptors (Lipinski definition) is 5. The second-order valence-corrected chi connectivity index (χ2v) is 7.81. The number of anilines is 4. The molecule has 3 rings (SSSR count). The van der Waals surface area contributed by atoms with Crippen molar-refractivity contribution in [1.29, 1.82) is 0 Å². The Labute approximate surface area is 175 Å². The molecule has 9 heteroatoms. The largest absolute Gasteiger partial charge is 0.449 e. The lowest BCUT2D eigenvalue weighted by Gasteiger charge is -2.21. The quantitative estimate of drug-likeness (QED) is 0.479. The monoisotopic (exact) mass is 500 g/mol. The van der Waals surface area contributed by atoms with Crippen molar-refractivity contribution in [3.8, 4) is 0 Å². The summed E-state index contributed by atoms with van der Waals surface area (Å²) >= 11 is 2.02. The van der Waals surface area contributed by atoms with Gasteiger partial charge in [0.05, 0.1) is 23.7 Å². The number of carbonyl (C=O) groups excluding carboxylic acids is 1. The molecule has 2 aromatic rings. The lowest BCUT2D eigenvalue weighted by molar-refractivity contribution is 0.152. The van der Waals surface area contributed by atoms with E-state index in [1.807, 2.05) is 29.5 Å². The lowest BCUT2D eigenvalue weighted by atomic mass is 10.2. The van der Waals surface area contributed by atoms with E-state index in [1.54, 1.807) is 19.1 Å². The van der Waals surface area contributed by atoms with E-state index in [1.165, 1.54) is 15.5 Å². The second kappa shape index (κ2) is 8.38. The summed E-state index contributed by atoms with van der Waals surface area (Å²) in [6, 6.07) is 4.71. The van der Waals surface area contributed by atoms with Gasteiger partial charge in [-0.25, -0.2) is 9.18 Å². The number of rotatable bonds is 5. The van der Waals surface area contributed by atoms with Crippen LogP contribution in [0.5, 0.6) is 0 Å². The summed E-state index contributed by atoms with van der Waals surface area (Å²) in [7, 11) is 0. The minimum absolute atomic E-state index is 0.203. The molecule has 0 atom stereocenters. The van der Waals surface area contributed by atoms with Crippen molar-refractivity contribution in [2.75, 3.05) is 29.1 Å². The Morgan fingerprint density at radius 2 is 2.14 bits per heavy atom. The molecule has 1 aromatic heterocycles. The fourth-order valence-electron chi connectivity index (χ4n) is 3.12. The molecule has 1 aliphatic rings. The summed E-state index contributed by atoms with van der Waals surface area (Å²) in [5.41, 5.74) is 7.11. The van der Waals surface area contributed by atoms with E-state index < -0.39 is 11.9 Å². The molecule has 0 unspecified atom stereocenters. The van der Waals surface area contributed by atoms with E-state index in [0.717, 1.165) is 16.4 Å². The van der Waals surface area contributed by atoms with E-state index in [9.17, 15) is 14.0 Å². The molecule has 0 saturated heterocycles. The summed E-state index contributed by atoms with van der Waals surface area (Å²) in [4.78, 5) is 26.6. The zero-order valence-electron chi connectivity index (χ0n) is 15.7. The topological polar surface area (TPSA) is 89.6 Å². The molecule has 0 aliphatic carbocycles. The normalized spacial score (nSPS) is 12.8. The van der Waals surface area contributed by atoms with Crippen LogP contribution in [-0.2, 0) is 11.3 Å². The molecule has 150 valence electrons. The van der Waals surface area contributed by atoms with Crippen molar-refractivity contribution < 1.29 is 13.9 Å². The highest BCUT2D eigenvalue weighted by molar-refractivity contribution is 14.1. The van der Waals surface area contributed by atoms with Gasteiger partial charge >= 0.3 is 6.09 Å². The molecule has 0 fully saturated rings. The number of nitrogen functional groups attached to an aromatic ring is 1. The maximum atomic E-state index is 14.3. The van der Waals surface area contributed by atoms with Gasteiger partial charge in [-0.15, -0.1) is 0 Å². The van der Waals surface area contributed by atoms with Gasteiger partial charge in [0.25, 0.3) is 5.56 Å². The number of fused-ring (bicyclic) bond motifs is 1. The van der Waals surface area contributed by atoms with Gasteiger partial charge in [0.1, 0.15) is 11.6 Å². The van der Waals surface area contributed by atoms with E-state index in [-0.39, 0.29) is 22.8 Å². The summed E-state index contributed by atoms with van der Waals surface area (Å²) in [5, 5.41) is 2.92. The van der Waals surface area contributed by atoms with Crippen molar-refractivity contribution in [2.24, 2.45) is 0 Å². The van der Waals surface area contributed by atoms with Crippen LogP contribution in [0.15, 0.2) is 23.0 Å². The van der Waals surface area contributed by atoms with Crippen molar-refractivity contribution in [2.45, 2.75) is 33.2 Å². The van der Waals surface area contributed by atoms with E-state index in [2.05, 4.69) is 5.32 Å². The molecule has 7 nitrogen and oxygen atoms in total. The molecule has 1 aliphatic heterocycles. The number of carbonyl (C=O) groups is 1. The Morgan fingerprint density at radius 3 is 2.82 bits per heavy atom. The van der Waals surface area contributed by atoms with Crippen LogP contribution >= 0.6 is 22.6 Å². The fraction of sp³-hybridized carbons (Fsp3) is 0.368. The number of nitrogens with two attached hydrogens (primary N) is 1. The zero-order chi connectivity index (χ0) is 20.4. The van der Waals surface area contributed by atoms with Crippen LogP contribution < -0.4 is 21.5 Å². The maximum absolute atomic E-state index is 14.3. The van der Waals surface area contributed by atoms with Crippen molar-refractivity contribution in [3.63, 3.8) is 0 Å². The number of aromatic nitrogens is 1. The highest BCUT2D eigenvalue weighted by Gasteiger charge is 2.32. The molecule has 2 heterocycles. The van der Waals surface area contributed by atoms with Crippen LogP contribution in [0.2, 0.25) is 0 Å². The summed E-state index contributed by atoms with van der Waals surface area (Å²) in [5.74, 6) is -0.173. The first-order valence-corrected chi connectivity index (χ1v) is 10.1. The third-order valence-electron chi connectivity index (χ3n) is 4.64. The van der Waals surface area contributed by atoms with Crippen molar-refractivity contribution in [1.82, 2.24) is 4.57 Å². The number of benzene rings is 1. The molecular weight excluding hydrogens is 478 g/mol. The molecule has 28 heavy (non-hydrogen) atoms. The molecule has 1 amide bonds. The summed E-state index contributed by atoms with van der Waals surface area (Å²) < 4.78 is 21.8. The van der Waals surface area contributed by atoms with Gasteiger partial charge in [-0.3, -0.25) is 14.3 Å². The predicted molar refractivity (Wildman–Crippen MR) is 116 cm³/mol. The number of nitrogens with zero attached hydrogens (tertiary/aromatic N) is 2. The molecule has 0 radical (unpaired) electrons. The number of amides is 1. The smallest absolute Gasteiger partial charge is 0.415 e. The molecule has 3 N–H and O–H groups in total. The third kappa shape index (κ3) is 3.80. The average molecular weight is 500 g/mol. The number of halogens is 2. The Kier molecular flexibility index (Phi) is 6.11. The highest BCUT2D eigenvalue weighted by Crippen LogP contribution is 2.36. The second-order valence-electron chi connectivity index (χ2n) is 6.56. The van der Waals surface area contributed by atoms with Gasteiger partial charge in [-0.05, 0) is 54.1 Å². The predicted octanol–water partition coefficient (Wildman–Crippen LogP) is 3.98. The third-order valence-corrected chi connectivity index (χ3v) is 5.32. The first-order chi connectivity index (χ1) is 13.3. The highest BCUT2D eigenvalue weighted by atomic mass is 127. The zero-order valence-corrected chi connectivity index (χ0v) is 17.9. The van der Waals surface area contributed by atoms with E-state index in [0.29, 0.717) is 30.9 Å². The van der Waals surface area contributed by atoms with Crippen molar-refractivity contribution in [3.05, 3.63) is 43.5 Å². The number of hydrogen-bond donors (Lipinski definition) is 2. The standard InChI is InChI=1S/C19H22FIN4O3/c1-3-4-9-28-19(27)25-8-7-24-17(25)15(22)16(11(2)18(24)26)23-14-6-5-12(21)10-13(14)20/h5-6,10,23H,3-4,7-9,22H2,1-2H3. The first-order valence-electron chi connectivity index (χ1n) is 9.04. The minimum Gasteiger partial charge on any atom is -0.449 e. The van der Waals surface area contributed by atoms with Gasteiger partial charge < -0.3 is 15.8 Å². The van der Waals surface area contributed by atoms with E-state index in [4.69, 9.17) is 10.5 Å². The minimum atomic E-state index is -0.541. The van der Waals surface area contributed by atoms with Crippen LogP contribution in [0.3, 0.4) is 0 Å². The molecule has 0 bridgehead atoms. The average Bonchev–Trinajstić information content (AvgIpc) is 3.10. The molecule has 0 spiro atoms. The van der Waals surface area contributed by atoms with Crippen LogP contribution in [-0.4, -0.2) is 23.8 Å². The van der Waals surface area contributed by atoms with Crippen LogP contribution in [0, 0.1) is 16.3 Å². The number of unbranched alkanes of at least 4 members (excludes halogenated alkanes) is 1. The van der Waals surface area contributed by atoms with E-state index >= 15 is 0 Å². The van der Waals surface area contributed by atoms with Gasteiger partial charge in [0.15, 0.2) is 0 Å². The summed E-state index contributed by atoms with van der Waals surface area (Å²) in [6.45, 7) is 4.56. The number of nitrogens with one attached hydrogen (secondary N) is 1.